The van der Waals surface area contributed by atoms with Gasteiger partial charge < -0.3 is 9.82 Å². The minimum absolute atomic E-state index is 0.128. The fourth-order valence-corrected chi connectivity index (χ4v) is 2.68. The third-order valence-corrected chi connectivity index (χ3v) is 4.06. The van der Waals surface area contributed by atoms with Crippen molar-refractivity contribution in [2.45, 2.75) is 20.3 Å². The molecule has 0 saturated heterocycles. The minimum atomic E-state index is -0.128. The lowest BCUT2D eigenvalue weighted by molar-refractivity contribution is 0.223. The van der Waals surface area contributed by atoms with Crippen LogP contribution in [0.5, 0.6) is 0 Å². The second-order valence-electron chi connectivity index (χ2n) is 5.91. The quantitative estimate of drug-likeness (QED) is 0.663. The van der Waals surface area contributed by atoms with Crippen LogP contribution >= 0.6 is 11.6 Å². The maximum atomic E-state index is 11.7. The first-order chi connectivity index (χ1) is 12.5. The molecule has 0 unspecified atom stereocenters. The molecule has 5 nitrogen and oxygen atoms in total. The SMILES string of the molecule is CC1=CCC(C)=NO1.O=c1cc(-c2ccncc2)c2cc(Cl)ccc2[nH]1. The van der Waals surface area contributed by atoms with E-state index in [1.165, 1.54) is 0 Å². The Morgan fingerprint density at radius 1 is 1.12 bits per heavy atom. The van der Waals surface area contributed by atoms with Crippen molar-refractivity contribution < 1.29 is 4.84 Å². The number of fused-ring (bicyclic) bond motifs is 1. The van der Waals surface area contributed by atoms with Crippen molar-refractivity contribution in [2.24, 2.45) is 5.16 Å². The molecule has 3 aromatic rings. The summed E-state index contributed by atoms with van der Waals surface area (Å²) in [6.45, 7) is 3.85. The van der Waals surface area contributed by atoms with Gasteiger partial charge in [0.05, 0.1) is 5.71 Å². The lowest BCUT2D eigenvalue weighted by Gasteiger charge is -2.06. The van der Waals surface area contributed by atoms with Crippen molar-refractivity contribution in [1.29, 1.82) is 0 Å². The van der Waals surface area contributed by atoms with E-state index in [2.05, 4.69) is 15.1 Å². The molecule has 0 aliphatic carbocycles. The smallest absolute Gasteiger partial charge is 0.249 e. The summed E-state index contributed by atoms with van der Waals surface area (Å²) in [5.74, 6) is 0.899. The summed E-state index contributed by atoms with van der Waals surface area (Å²) < 4.78 is 0. The summed E-state index contributed by atoms with van der Waals surface area (Å²) >= 11 is 6.01. The summed E-state index contributed by atoms with van der Waals surface area (Å²) in [6.07, 6.45) is 6.36. The Balaban J connectivity index is 0.000000206. The van der Waals surface area contributed by atoms with Crippen molar-refractivity contribution in [3.8, 4) is 11.1 Å². The highest BCUT2D eigenvalue weighted by atomic mass is 35.5. The molecule has 0 atom stereocenters. The van der Waals surface area contributed by atoms with Crippen LogP contribution in [0.2, 0.25) is 5.02 Å². The molecule has 0 radical (unpaired) electrons. The van der Waals surface area contributed by atoms with Crippen LogP contribution in [0, 0.1) is 0 Å². The summed E-state index contributed by atoms with van der Waals surface area (Å²) in [5.41, 5.74) is 3.49. The third kappa shape index (κ3) is 4.37. The number of benzene rings is 1. The largest absolute Gasteiger partial charge is 0.362 e. The van der Waals surface area contributed by atoms with Crippen LogP contribution in [0.25, 0.3) is 22.0 Å². The first-order valence-corrected chi connectivity index (χ1v) is 8.51. The Labute approximate surface area is 156 Å². The fraction of sp³-hybridized carbons (Fsp3) is 0.150. The summed E-state index contributed by atoms with van der Waals surface area (Å²) in [4.78, 5) is 23.3. The molecular weight excluding hydrogens is 350 g/mol. The zero-order valence-electron chi connectivity index (χ0n) is 14.5. The van der Waals surface area contributed by atoms with Gasteiger partial charge in [-0.2, -0.15) is 0 Å². The molecule has 26 heavy (non-hydrogen) atoms. The monoisotopic (exact) mass is 367 g/mol. The van der Waals surface area contributed by atoms with Gasteiger partial charge in [-0.3, -0.25) is 9.78 Å². The van der Waals surface area contributed by atoms with Crippen molar-refractivity contribution in [1.82, 2.24) is 9.97 Å². The zero-order valence-corrected chi connectivity index (χ0v) is 15.2. The van der Waals surface area contributed by atoms with E-state index in [1.54, 1.807) is 24.5 Å². The van der Waals surface area contributed by atoms with Crippen LogP contribution < -0.4 is 5.56 Å². The molecular formula is C20H18ClN3O2. The molecule has 1 N–H and O–H groups in total. The van der Waals surface area contributed by atoms with E-state index in [1.807, 2.05) is 44.2 Å². The average molecular weight is 368 g/mol. The molecule has 0 saturated carbocycles. The van der Waals surface area contributed by atoms with Gasteiger partial charge in [0.1, 0.15) is 5.76 Å². The lowest BCUT2D eigenvalue weighted by atomic mass is 10.0. The number of nitrogens with zero attached hydrogens (tertiary/aromatic N) is 2. The maximum Gasteiger partial charge on any atom is 0.249 e. The van der Waals surface area contributed by atoms with Crippen molar-refractivity contribution in [2.75, 3.05) is 0 Å². The van der Waals surface area contributed by atoms with Crippen molar-refractivity contribution in [3.63, 3.8) is 0 Å². The number of allylic oxidation sites excluding steroid dienone is 2. The molecule has 4 rings (SSSR count). The number of aromatic amines is 1. The topological polar surface area (TPSA) is 67.3 Å². The first kappa shape index (κ1) is 17.9. The second-order valence-corrected chi connectivity index (χ2v) is 6.35. The Morgan fingerprint density at radius 2 is 1.88 bits per heavy atom. The molecule has 0 bridgehead atoms. The van der Waals surface area contributed by atoms with Crippen LogP contribution in [0.15, 0.2) is 70.6 Å². The van der Waals surface area contributed by atoms with E-state index in [4.69, 9.17) is 16.4 Å². The summed E-state index contributed by atoms with van der Waals surface area (Å²) in [5, 5.41) is 5.33. The van der Waals surface area contributed by atoms with E-state index >= 15 is 0 Å². The molecule has 2 aromatic heterocycles. The van der Waals surface area contributed by atoms with E-state index in [9.17, 15) is 4.79 Å². The van der Waals surface area contributed by atoms with Gasteiger partial charge in [0.25, 0.3) is 0 Å². The van der Waals surface area contributed by atoms with Crippen LogP contribution in [-0.4, -0.2) is 15.7 Å². The number of H-pyrrole nitrogens is 1. The predicted molar refractivity (Wildman–Crippen MR) is 105 cm³/mol. The number of rotatable bonds is 1. The summed E-state index contributed by atoms with van der Waals surface area (Å²) in [6, 6.07) is 10.7. The lowest BCUT2D eigenvalue weighted by Crippen LogP contribution is -2.04. The highest BCUT2D eigenvalue weighted by Crippen LogP contribution is 2.27. The number of aromatic nitrogens is 2. The Hall–Kier alpha value is -2.92. The van der Waals surface area contributed by atoms with Gasteiger partial charge in [0, 0.05) is 40.8 Å². The molecule has 0 spiro atoms. The molecule has 1 aliphatic heterocycles. The number of oxime groups is 1. The zero-order chi connectivity index (χ0) is 18.5. The van der Waals surface area contributed by atoms with Gasteiger partial charge in [0.2, 0.25) is 5.56 Å². The number of hydrogen-bond donors (Lipinski definition) is 1. The Morgan fingerprint density at radius 3 is 2.54 bits per heavy atom. The van der Waals surface area contributed by atoms with E-state index in [0.29, 0.717) is 5.02 Å². The molecule has 3 heterocycles. The van der Waals surface area contributed by atoms with Crippen LogP contribution in [-0.2, 0) is 4.84 Å². The highest BCUT2D eigenvalue weighted by molar-refractivity contribution is 6.31. The average Bonchev–Trinajstić information content (AvgIpc) is 2.65. The van der Waals surface area contributed by atoms with Crippen molar-refractivity contribution >= 4 is 28.2 Å². The van der Waals surface area contributed by atoms with Crippen LogP contribution in [0.4, 0.5) is 0 Å². The van der Waals surface area contributed by atoms with E-state index in [0.717, 1.165) is 39.9 Å². The number of nitrogens with one attached hydrogen (secondary N) is 1. The van der Waals surface area contributed by atoms with Gasteiger partial charge in [0.15, 0.2) is 0 Å². The molecule has 6 heteroatoms. The van der Waals surface area contributed by atoms with Gasteiger partial charge in [-0.05, 0) is 61.4 Å². The van der Waals surface area contributed by atoms with Gasteiger partial charge in [-0.1, -0.05) is 16.8 Å². The van der Waals surface area contributed by atoms with Gasteiger partial charge in [-0.15, -0.1) is 0 Å². The molecule has 1 aliphatic rings. The standard InChI is InChI=1S/C14H9ClN2O.C6H9NO/c15-10-1-2-13-12(7-10)11(8-14(18)17-13)9-3-5-16-6-4-9;1-5-3-4-6(2)8-7-5/h1-8H,(H,17,18);4H,3H2,1-2H3. The van der Waals surface area contributed by atoms with Crippen LogP contribution in [0.3, 0.4) is 0 Å². The van der Waals surface area contributed by atoms with E-state index in [-0.39, 0.29) is 5.56 Å². The number of pyridine rings is 2. The summed E-state index contributed by atoms with van der Waals surface area (Å²) in [7, 11) is 0. The first-order valence-electron chi connectivity index (χ1n) is 8.13. The molecule has 1 aromatic carbocycles. The third-order valence-electron chi connectivity index (χ3n) is 3.83. The van der Waals surface area contributed by atoms with Gasteiger partial charge >= 0.3 is 0 Å². The molecule has 132 valence electrons. The molecule has 0 amide bonds. The van der Waals surface area contributed by atoms with E-state index < -0.39 is 0 Å². The van der Waals surface area contributed by atoms with Crippen LogP contribution in [0.1, 0.15) is 20.3 Å². The number of halogens is 1. The Kier molecular flexibility index (Phi) is 5.49. The highest BCUT2D eigenvalue weighted by Gasteiger charge is 2.06. The normalized spacial score (nSPS) is 13.2. The van der Waals surface area contributed by atoms with Gasteiger partial charge in [-0.25, -0.2) is 0 Å². The van der Waals surface area contributed by atoms with Crippen molar-refractivity contribution in [3.05, 3.63) is 76.0 Å². The molecule has 0 fully saturated rings. The minimum Gasteiger partial charge on any atom is -0.362 e. The Bertz CT molecular complexity index is 1020. The maximum absolute atomic E-state index is 11.7. The fourth-order valence-electron chi connectivity index (χ4n) is 2.51. The number of hydrogen-bond acceptors (Lipinski definition) is 4. The predicted octanol–water partition coefficient (Wildman–Crippen LogP) is 4.93. The second kappa shape index (κ2) is 7.97.